The highest BCUT2D eigenvalue weighted by Gasteiger charge is 2.11. The molecule has 2 N–H and O–H groups in total. The van der Waals surface area contributed by atoms with Crippen molar-refractivity contribution in [2.75, 3.05) is 10.6 Å². The fourth-order valence-corrected chi connectivity index (χ4v) is 2.76. The van der Waals surface area contributed by atoms with E-state index in [1.54, 1.807) is 24.3 Å². The van der Waals surface area contributed by atoms with Crippen LogP contribution in [0.25, 0.3) is 0 Å². The van der Waals surface area contributed by atoms with Gasteiger partial charge in [-0.2, -0.15) is 0 Å². The minimum absolute atomic E-state index is 0.193. The predicted octanol–water partition coefficient (Wildman–Crippen LogP) is 5.06. The van der Waals surface area contributed by atoms with E-state index < -0.39 is 0 Å². The largest absolute Gasteiger partial charge is 0.322 e. The lowest BCUT2D eigenvalue weighted by molar-refractivity contribution is 0.101. The zero-order valence-corrected chi connectivity index (χ0v) is 15.5. The second-order valence-corrected chi connectivity index (χ2v) is 6.36. The minimum atomic E-state index is -0.206. The molecule has 0 saturated heterocycles. The van der Waals surface area contributed by atoms with Gasteiger partial charge >= 0.3 is 0 Å². The summed E-state index contributed by atoms with van der Waals surface area (Å²) in [6.45, 7) is 4.04. The summed E-state index contributed by atoms with van der Waals surface area (Å²) in [6, 6.07) is 22.0. The maximum Gasteiger partial charge on any atom is 0.255 e. The van der Waals surface area contributed by atoms with Gasteiger partial charge in [-0.25, -0.2) is 0 Å². The van der Waals surface area contributed by atoms with Crippen molar-refractivity contribution in [2.45, 2.75) is 20.3 Å². The van der Waals surface area contributed by atoms with E-state index in [0.717, 1.165) is 28.9 Å². The molecular formula is C23H22N2O2. The zero-order chi connectivity index (χ0) is 19.2. The molecule has 4 nitrogen and oxygen atoms in total. The highest BCUT2D eigenvalue weighted by Crippen LogP contribution is 2.17. The number of aryl methyl sites for hydroxylation is 2. The summed E-state index contributed by atoms with van der Waals surface area (Å²) in [7, 11) is 0. The molecule has 2 amide bonds. The van der Waals surface area contributed by atoms with Crippen molar-refractivity contribution in [3.63, 3.8) is 0 Å². The van der Waals surface area contributed by atoms with Gasteiger partial charge in [0, 0.05) is 22.5 Å². The fourth-order valence-electron chi connectivity index (χ4n) is 2.76. The minimum Gasteiger partial charge on any atom is -0.322 e. The van der Waals surface area contributed by atoms with E-state index in [0.29, 0.717) is 11.1 Å². The summed E-state index contributed by atoms with van der Waals surface area (Å²) < 4.78 is 0. The first-order valence-corrected chi connectivity index (χ1v) is 8.94. The Morgan fingerprint density at radius 2 is 1.30 bits per heavy atom. The molecule has 0 atom stereocenters. The van der Waals surface area contributed by atoms with E-state index in [1.165, 1.54) is 0 Å². The smallest absolute Gasteiger partial charge is 0.255 e. The van der Waals surface area contributed by atoms with Crippen LogP contribution < -0.4 is 10.6 Å². The summed E-state index contributed by atoms with van der Waals surface area (Å²) in [5, 5.41) is 5.78. The van der Waals surface area contributed by atoms with Gasteiger partial charge in [-0.3, -0.25) is 9.59 Å². The van der Waals surface area contributed by atoms with Crippen LogP contribution in [0.5, 0.6) is 0 Å². The van der Waals surface area contributed by atoms with Crippen LogP contribution in [0.3, 0.4) is 0 Å². The lowest BCUT2D eigenvalue weighted by Crippen LogP contribution is -2.15. The number of anilines is 2. The molecule has 0 heterocycles. The molecule has 0 bridgehead atoms. The maximum absolute atomic E-state index is 12.5. The summed E-state index contributed by atoms with van der Waals surface area (Å²) >= 11 is 0. The number of hydrogen-bond donors (Lipinski definition) is 2. The number of para-hydroxylation sites is 1. The molecule has 0 radical (unpaired) electrons. The molecule has 3 rings (SSSR count). The summed E-state index contributed by atoms with van der Waals surface area (Å²) in [5.74, 6) is -0.400. The van der Waals surface area contributed by atoms with Crippen molar-refractivity contribution < 1.29 is 9.59 Å². The van der Waals surface area contributed by atoms with Gasteiger partial charge in [0.25, 0.3) is 11.8 Å². The molecule has 4 heteroatoms. The number of carbonyl (C=O) groups excluding carboxylic acids is 2. The van der Waals surface area contributed by atoms with Crippen LogP contribution in [0.2, 0.25) is 0 Å². The third-order valence-electron chi connectivity index (χ3n) is 4.37. The normalized spacial score (nSPS) is 10.3. The average Bonchev–Trinajstić information content (AvgIpc) is 2.70. The van der Waals surface area contributed by atoms with Crippen molar-refractivity contribution in [3.05, 3.63) is 95.1 Å². The van der Waals surface area contributed by atoms with Crippen LogP contribution in [0.1, 0.15) is 38.8 Å². The van der Waals surface area contributed by atoms with Crippen LogP contribution in [0.4, 0.5) is 11.4 Å². The Balaban J connectivity index is 1.68. The van der Waals surface area contributed by atoms with Gasteiger partial charge in [-0.15, -0.1) is 0 Å². The van der Waals surface area contributed by atoms with Crippen LogP contribution in [-0.2, 0) is 6.42 Å². The van der Waals surface area contributed by atoms with Gasteiger partial charge in [-0.05, 0) is 61.4 Å². The molecule has 136 valence electrons. The number of benzene rings is 3. The number of nitrogens with one attached hydrogen (secondary N) is 2. The Kier molecular flexibility index (Phi) is 5.67. The van der Waals surface area contributed by atoms with Crippen molar-refractivity contribution in [3.8, 4) is 0 Å². The highest BCUT2D eigenvalue weighted by atomic mass is 16.2. The van der Waals surface area contributed by atoms with Gasteiger partial charge < -0.3 is 10.6 Å². The van der Waals surface area contributed by atoms with E-state index in [1.807, 2.05) is 62.4 Å². The maximum atomic E-state index is 12.5. The average molecular weight is 358 g/mol. The van der Waals surface area contributed by atoms with Gasteiger partial charge in [0.15, 0.2) is 0 Å². The van der Waals surface area contributed by atoms with Gasteiger partial charge in [0.2, 0.25) is 0 Å². The monoisotopic (exact) mass is 358 g/mol. The van der Waals surface area contributed by atoms with E-state index in [2.05, 4.69) is 10.6 Å². The number of amides is 2. The second-order valence-electron chi connectivity index (χ2n) is 6.36. The fraction of sp³-hybridized carbons (Fsp3) is 0.130. The molecule has 3 aromatic carbocycles. The standard InChI is InChI=1S/C23H22N2O2/c1-3-17-6-4-5-7-21(17)25-23(27)19-12-10-18(11-13-19)22(26)24-20-14-8-16(2)9-15-20/h4-15H,3H2,1-2H3,(H,24,26)(H,25,27). The molecular weight excluding hydrogens is 336 g/mol. The Hall–Kier alpha value is -3.40. The second kappa shape index (κ2) is 8.32. The molecule has 3 aromatic rings. The molecule has 27 heavy (non-hydrogen) atoms. The molecule has 0 aliphatic rings. The summed E-state index contributed by atoms with van der Waals surface area (Å²) in [4.78, 5) is 24.8. The Labute approximate surface area is 159 Å². The lowest BCUT2D eigenvalue weighted by atomic mass is 10.1. The molecule has 0 aliphatic heterocycles. The summed E-state index contributed by atoms with van der Waals surface area (Å²) in [5.41, 5.74) is 4.77. The number of hydrogen-bond acceptors (Lipinski definition) is 2. The van der Waals surface area contributed by atoms with Crippen molar-refractivity contribution >= 4 is 23.2 Å². The Morgan fingerprint density at radius 1 is 0.741 bits per heavy atom. The van der Waals surface area contributed by atoms with Crippen LogP contribution in [0, 0.1) is 6.92 Å². The first-order chi connectivity index (χ1) is 13.1. The molecule has 0 aliphatic carbocycles. The van der Waals surface area contributed by atoms with E-state index >= 15 is 0 Å². The van der Waals surface area contributed by atoms with Gasteiger partial charge in [0.1, 0.15) is 0 Å². The van der Waals surface area contributed by atoms with E-state index in [9.17, 15) is 9.59 Å². The third kappa shape index (κ3) is 4.61. The van der Waals surface area contributed by atoms with Crippen LogP contribution in [-0.4, -0.2) is 11.8 Å². The van der Waals surface area contributed by atoms with Crippen molar-refractivity contribution in [1.29, 1.82) is 0 Å². The molecule has 0 unspecified atom stereocenters. The molecule has 0 saturated carbocycles. The first kappa shape index (κ1) is 18.4. The number of carbonyl (C=O) groups is 2. The van der Waals surface area contributed by atoms with Gasteiger partial charge in [0.05, 0.1) is 0 Å². The molecule has 0 spiro atoms. The van der Waals surface area contributed by atoms with Crippen molar-refractivity contribution in [1.82, 2.24) is 0 Å². The van der Waals surface area contributed by atoms with E-state index in [-0.39, 0.29) is 11.8 Å². The van der Waals surface area contributed by atoms with Crippen molar-refractivity contribution in [2.24, 2.45) is 0 Å². The predicted molar refractivity (Wildman–Crippen MR) is 109 cm³/mol. The lowest BCUT2D eigenvalue weighted by Gasteiger charge is -2.10. The topological polar surface area (TPSA) is 58.2 Å². The summed E-state index contributed by atoms with van der Waals surface area (Å²) in [6.07, 6.45) is 0.842. The van der Waals surface area contributed by atoms with Crippen LogP contribution in [0.15, 0.2) is 72.8 Å². The number of rotatable bonds is 5. The van der Waals surface area contributed by atoms with E-state index in [4.69, 9.17) is 0 Å². The molecule has 0 aromatic heterocycles. The Bertz CT molecular complexity index is 945. The van der Waals surface area contributed by atoms with Crippen LogP contribution >= 0.6 is 0 Å². The quantitative estimate of drug-likeness (QED) is 0.669. The van der Waals surface area contributed by atoms with Gasteiger partial charge in [-0.1, -0.05) is 42.8 Å². The Morgan fingerprint density at radius 3 is 1.89 bits per heavy atom. The highest BCUT2D eigenvalue weighted by molar-refractivity contribution is 6.07. The zero-order valence-electron chi connectivity index (χ0n) is 15.5. The first-order valence-electron chi connectivity index (χ1n) is 8.94. The SMILES string of the molecule is CCc1ccccc1NC(=O)c1ccc(C(=O)Nc2ccc(C)cc2)cc1. The molecule has 0 fully saturated rings. The third-order valence-corrected chi connectivity index (χ3v) is 4.37.